The Labute approximate surface area is 135 Å². The topological polar surface area (TPSA) is 84.1 Å². The first-order chi connectivity index (χ1) is 10.4. The molecule has 0 aliphatic carbocycles. The maximum Gasteiger partial charge on any atom is 0.165 e. The third-order valence-electron chi connectivity index (χ3n) is 3.64. The van der Waals surface area contributed by atoms with Gasteiger partial charge in [-0.2, -0.15) is 0 Å². The van der Waals surface area contributed by atoms with Gasteiger partial charge >= 0.3 is 0 Å². The summed E-state index contributed by atoms with van der Waals surface area (Å²) in [4.78, 5) is 8.97. The predicted octanol–water partition coefficient (Wildman–Crippen LogP) is 3.27. The van der Waals surface area contributed by atoms with Crippen LogP contribution in [0.15, 0.2) is 18.2 Å². The molecule has 0 spiro atoms. The molecule has 0 saturated heterocycles. The Morgan fingerprint density at radius 1 is 1.32 bits per heavy atom. The Morgan fingerprint density at radius 3 is 2.73 bits per heavy atom. The molecular weight excluding hydrogens is 300 g/mol. The monoisotopic (exact) mass is 320 g/mol. The fourth-order valence-electron chi connectivity index (χ4n) is 1.98. The summed E-state index contributed by atoms with van der Waals surface area (Å²) in [6.45, 7) is 6.54. The molecule has 1 heterocycles. The second-order valence-electron chi connectivity index (χ2n) is 5.32. The van der Waals surface area contributed by atoms with Gasteiger partial charge < -0.3 is 16.2 Å². The van der Waals surface area contributed by atoms with E-state index >= 15 is 0 Å². The lowest BCUT2D eigenvalue weighted by atomic mass is 10.1. The van der Waals surface area contributed by atoms with Crippen molar-refractivity contribution in [3.63, 3.8) is 0 Å². The second kappa shape index (κ2) is 6.94. The molecule has 0 aliphatic rings. The fourth-order valence-corrected chi connectivity index (χ4v) is 2.15. The molecule has 4 N–H and O–H groups in total. The molecule has 0 radical (unpaired) electrons. The number of nitrogens with two attached hydrogens (primary N) is 1. The number of aromatic nitrogens is 2. The van der Waals surface area contributed by atoms with E-state index in [1.165, 1.54) is 6.07 Å². The lowest BCUT2D eigenvalue weighted by molar-refractivity contribution is 0.477. The highest BCUT2D eigenvalue weighted by Crippen LogP contribution is 2.31. The number of halogens is 1. The van der Waals surface area contributed by atoms with Crippen molar-refractivity contribution < 1.29 is 5.11 Å². The number of anilines is 1. The summed E-state index contributed by atoms with van der Waals surface area (Å²) in [6, 6.07) is 4.89. The van der Waals surface area contributed by atoms with E-state index in [4.69, 9.17) is 17.3 Å². The van der Waals surface area contributed by atoms with Crippen molar-refractivity contribution in [2.24, 2.45) is 5.73 Å². The van der Waals surface area contributed by atoms with Crippen LogP contribution in [0, 0.1) is 13.8 Å². The van der Waals surface area contributed by atoms with Gasteiger partial charge in [-0.3, -0.25) is 0 Å². The van der Waals surface area contributed by atoms with Crippen LogP contribution in [0.1, 0.15) is 24.6 Å². The van der Waals surface area contributed by atoms with Crippen LogP contribution in [0.3, 0.4) is 0 Å². The highest BCUT2D eigenvalue weighted by Gasteiger charge is 2.13. The highest BCUT2D eigenvalue weighted by molar-refractivity contribution is 6.30. The smallest absolute Gasteiger partial charge is 0.165 e. The number of nitrogens with zero attached hydrogens (tertiary/aromatic N) is 2. The Morgan fingerprint density at radius 2 is 2.05 bits per heavy atom. The highest BCUT2D eigenvalue weighted by atomic mass is 35.5. The molecule has 0 amide bonds. The Balaban J connectivity index is 2.41. The number of rotatable bonds is 5. The minimum Gasteiger partial charge on any atom is -0.507 e. The zero-order chi connectivity index (χ0) is 16.3. The first-order valence-corrected chi connectivity index (χ1v) is 7.63. The normalized spacial score (nSPS) is 12.2. The standard InChI is InChI=1S/C16H21ClN4O/c1-4-12(18)8-19-15-9(2)10(3)20-16(21-15)13-7-11(17)5-6-14(13)22/h5-7,12,22H,4,8,18H2,1-3H3,(H,19,20,21). The molecule has 1 unspecified atom stereocenters. The van der Waals surface area contributed by atoms with Gasteiger partial charge in [0.25, 0.3) is 0 Å². The molecule has 5 nitrogen and oxygen atoms in total. The van der Waals surface area contributed by atoms with Crippen LogP contribution in [0.5, 0.6) is 5.75 Å². The number of nitrogens with one attached hydrogen (secondary N) is 1. The number of hydrogen-bond donors (Lipinski definition) is 3. The summed E-state index contributed by atoms with van der Waals surface area (Å²) >= 11 is 6.00. The van der Waals surface area contributed by atoms with E-state index in [1.807, 2.05) is 20.8 Å². The SMILES string of the molecule is CCC(N)CNc1nc(-c2cc(Cl)ccc2O)nc(C)c1C. The number of aryl methyl sites for hydroxylation is 1. The average Bonchev–Trinajstić information content (AvgIpc) is 2.50. The van der Waals surface area contributed by atoms with E-state index in [0.717, 1.165) is 23.5 Å². The lowest BCUT2D eigenvalue weighted by Crippen LogP contribution is -2.28. The van der Waals surface area contributed by atoms with Gasteiger partial charge in [-0.25, -0.2) is 9.97 Å². The van der Waals surface area contributed by atoms with E-state index in [9.17, 15) is 5.11 Å². The van der Waals surface area contributed by atoms with Crippen LogP contribution in [0.2, 0.25) is 5.02 Å². The summed E-state index contributed by atoms with van der Waals surface area (Å²) in [5, 5.41) is 13.8. The lowest BCUT2D eigenvalue weighted by Gasteiger charge is -2.15. The van der Waals surface area contributed by atoms with Gasteiger partial charge in [0.15, 0.2) is 5.82 Å². The van der Waals surface area contributed by atoms with E-state index in [0.29, 0.717) is 23.0 Å². The van der Waals surface area contributed by atoms with Gasteiger partial charge in [0.2, 0.25) is 0 Å². The van der Waals surface area contributed by atoms with Gasteiger partial charge in [0.1, 0.15) is 11.6 Å². The van der Waals surface area contributed by atoms with E-state index in [-0.39, 0.29) is 11.8 Å². The average molecular weight is 321 g/mol. The molecule has 0 bridgehead atoms. The summed E-state index contributed by atoms with van der Waals surface area (Å²) in [5.74, 6) is 1.27. The Kier molecular flexibility index (Phi) is 5.21. The molecule has 1 aromatic carbocycles. The van der Waals surface area contributed by atoms with E-state index < -0.39 is 0 Å². The quantitative estimate of drug-likeness (QED) is 0.787. The second-order valence-corrected chi connectivity index (χ2v) is 5.75. The molecule has 2 rings (SSSR count). The maximum absolute atomic E-state index is 10.0. The number of aromatic hydroxyl groups is 1. The van der Waals surface area contributed by atoms with Crippen LogP contribution in [-0.4, -0.2) is 27.7 Å². The molecule has 6 heteroatoms. The van der Waals surface area contributed by atoms with Crippen molar-refractivity contribution in [3.8, 4) is 17.1 Å². The van der Waals surface area contributed by atoms with Crippen molar-refractivity contribution in [1.82, 2.24) is 9.97 Å². The van der Waals surface area contributed by atoms with Crippen molar-refractivity contribution in [2.75, 3.05) is 11.9 Å². The molecule has 1 atom stereocenters. The maximum atomic E-state index is 10.0. The number of hydrogen-bond acceptors (Lipinski definition) is 5. The van der Waals surface area contributed by atoms with E-state index in [2.05, 4.69) is 15.3 Å². The fraction of sp³-hybridized carbons (Fsp3) is 0.375. The zero-order valence-electron chi connectivity index (χ0n) is 13.0. The predicted molar refractivity (Wildman–Crippen MR) is 90.4 cm³/mol. The molecule has 1 aromatic heterocycles. The number of benzene rings is 1. The first-order valence-electron chi connectivity index (χ1n) is 7.26. The van der Waals surface area contributed by atoms with Crippen molar-refractivity contribution in [2.45, 2.75) is 33.2 Å². The Hall–Kier alpha value is -1.85. The number of phenols is 1. The van der Waals surface area contributed by atoms with Crippen molar-refractivity contribution in [1.29, 1.82) is 0 Å². The zero-order valence-corrected chi connectivity index (χ0v) is 13.8. The summed E-state index contributed by atoms with van der Waals surface area (Å²) < 4.78 is 0. The molecule has 0 fully saturated rings. The Bertz CT molecular complexity index is 675. The molecule has 118 valence electrons. The molecule has 2 aromatic rings. The van der Waals surface area contributed by atoms with E-state index in [1.54, 1.807) is 12.1 Å². The van der Waals surface area contributed by atoms with Gasteiger partial charge in [0, 0.05) is 28.9 Å². The number of phenolic OH excluding ortho intramolecular Hbond substituents is 1. The van der Waals surface area contributed by atoms with Crippen LogP contribution >= 0.6 is 11.6 Å². The first kappa shape index (κ1) is 16.5. The molecule has 0 aliphatic heterocycles. The molecular formula is C16H21ClN4O. The van der Waals surface area contributed by atoms with Crippen molar-refractivity contribution >= 4 is 17.4 Å². The largest absolute Gasteiger partial charge is 0.507 e. The van der Waals surface area contributed by atoms with Crippen LogP contribution in [0.25, 0.3) is 11.4 Å². The van der Waals surface area contributed by atoms with Gasteiger partial charge in [-0.05, 0) is 38.5 Å². The summed E-state index contributed by atoms with van der Waals surface area (Å²) in [7, 11) is 0. The minimum absolute atomic E-state index is 0.0673. The summed E-state index contributed by atoms with van der Waals surface area (Å²) in [6.07, 6.45) is 0.887. The van der Waals surface area contributed by atoms with Gasteiger partial charge in [0.05, 0.1) is 5.56 Å². The van der Waals surface area contributed by atoms with Crippen molar-refractivity contribution in [3.05, 3.63) is 34.5 Å². The molecule has 0 saturated carbocycles. The van der Waals surface area contributed by atoms with Gasteiger partial charge in [-0.1, -0.05) is 18.5 Å². The van der Waals surface area contributed by atoms with Crippen LogP contribution < -0.4 is 11.1 Å². The molecule has 22 heavy (non-hydrogen) atoms. The summed E-state index contributed by atoms with van der Waals surface area (Å²) in [5.41, 5.74) is 8.26. The van der Waals surface area contributed by atoms with Crippen LogP contribution in [0.4, 0.5) is 5.82 Å². The third-order valence-corrected chi connectivity index (χ3v) is 3.88. The van der Waals surface area contributed by atoms with Crippen LogP contribution in [-0.2, 0) is 0 Å². The van der Waals surface area contributed by atoms with Gasteiger partial charge in [-0.15, -0.1) is 0 Å². The minimum atomic E-state index is 0.0673. The third kappa shape index (κ3) is 3.67.